The van der Waals surface area contributed by atoms with Gasteiger partial charge in [0.25, 0.3) is 0 Å². The van der Waals surface area contributed by atoms with Crippen LogP contribution >= 0.6 is 0 Å². The molecule has 2 aromatic rings. The quantitative estimate of drug-likeness (QED) is 0.800. The monoisotopic (exact) mass is 337 g/mol. The molecule has 1 saturated heterocycles. The maximum Gasteiger partial charge on any atom is 0.142 e. The highest BCUT2D eigenvalue weighted by molar-refractivity contribution is 5.67. The molecule has 1 aliphatic heterocycles. The van der Waals surface area contributed by atoms with Gasteiger partial charge in [-0.3, -0.25) is 0 Å². The lowest BCUT2D eigenvalue weighted by Gasteiger charge is -2.38. The minimum absolute atomic E-state index is 0.277. The van der Waals surface area contributed by atoms with E-state index >= 15 is 0 Å². The van der Waals surface area contributed by atoms with Gasteiger partial charge in [0.2, 0.25) is 0 Å². The highest BCUT2D eigenvalue weighted by Crippen LogP contribution is 2.30. The molecule has 1 heterocycles. The molecule has 0 aromatic heterocycles. The number of allylic oxidation sites excluding steroid dienone is 1. The van der Waals surface area contributed by atoms with E-state index in [1.807, 2.05) is 18.2 Å². The minimum Gasteiger partial charge on any atom is -0.495 e. The lowest BCUT2D eigenvalue weighted by molar-refractivity contribution is 0.362. The molecule has 5 heteroatoms. The standard InChI is InChI=1S/C20H20FN3O/c1-25-20-5-3-2-4-19(20)24-14-12-23(13-15-24)18(10-11-22)16-6-8-17(21)9-7-16/h2-10H,12-15H2,1H3. The Hall–Kier alpha value is -3.00. The summed E-state index contributed by atoms with van der Waals surface area (Å²) in [5.74, 6) is 0.586. The van der Waals surface area contributed by atoms with Crippen LogP contribution in [0.25, 0.3) is 5.70 Å². The molecule has 0 amide bonds. The van der Waals surface area contributed by atoms with Crippen LogP contribution in [0.3, 0.4) is 0 Å². The molecule has 4 nitrogen and oxygen atoms in total. The number of hydrogen-bond acceptors (Lipinski definition) is 4. The first-order chi connectivity index (χ1) is 12.2. The zero-order valence-electron chi connectivity index (χ0n) is 14.2. The van der Waals surface area contributed by atoms with Crippen LogP contribution in [-0.4, -0.2) is 38.2 Å². The third-order valence-corrected chi connectivity index (χ3v) is 4.39. The maximum atomic E-state index is 13.2. The second kappa shape index (κ2) is 7.71. The van der Waals surface area contributed by atoms with Gasteiger partial charge in [-0.25, -0.2) is 4.39 Å². The number of anilines is 1. The molecule has 2 aromatic carbocycles. The van der Waals surface area contributed by atoms with Crippen molar-refractivity contribution in [2.45, 2.75) is 0 Å². The van der Waals surface area contributed by atoms with E-state index in [1.54, 1.807) is 19.2 Å². The van der Waals surface area contributed by atoms with Crippen molar-refractivity contribution >= 4 is 11.4 Å². The van der Waals surface area contributed by atoms with E-state index in [2.05, 4.69) is 21.9 Å². The number of ether oxygens (including phenoxy) is 1. The molecule has 128 valence electrons. The van der Waals surface area contributed by atoms with Crippen molar-refractivity contribution in [2.75, 3.05) is 38.2 Å². The molecule has 0 spiro atoms. The highest BCUT2D eigenvalue weighted by Gasteiger charge is 2.21. The van der Waals surface area contributed by atoms with Crippen molar-refractivity contribution in [1.29, 1.82) is 5.26 Å². The predicted molar refractivity (Wildman–Crippen MR) is 96.8 cm³/mol. The number of halogens is 1. The first-order valence-electron chi connectivity index (χ1n) is 8.21. The molecular formula is C20H20FN3O. The summed E-state index contributed by atoms with van der Waals surface area (Å²) in [6.07, 6.45) is 1.53. The molecule has 0 atom stereocenters. The van der Waals surface area contributed by atoms with Gasteiger partial charge in [0, 0.05) is 32.3 Å². The van der Waals surface area contributed by atoms with Gasteiger partial charge in [-0.1, -0.05) is 12.1 Å². The van der Waals surface area contributed by atoms with Crippen LogP contribution in [0.1, 0.15) is 5.56 Å². The van der Waals surface area contributed by atoms with Crippen LogP contribution in [0.4, 0.5) is 10.1 Å². The Balaban J connectivity index is 1.75. The smallest absolute Gasteiger partial charge is 0.142 e. The Morgan fingerprint density at radius 3 is 2.40 bits per heavy atom. The van der Waals surface area contributed by atoms with Crippen molar-refractivity contribution in [1.82, 2.24) is 4.90 Å². The Bertz CT molecular complexity index is 787. The fourth-order valence-corrected chi connectivity index (χ4v) is 3.12. The van der Waals surface area contributed by atoms with E-state index in [-0.39, 0.29) is 5.82 Å². The number of benzene rings is 2. The first-order valence-corrected chi connectivity index (χ1v) is 8.21. The van der Waals surface area contributed by atoms with Gasteiger partial charge < -0.3 is 14.5 Å². The number of para-hydroxylation sites is 2. The third-order valence-electron chi connectivity index (χ3n) is 4.39. The van der Waals surface area contributed by atoms with E-state index in [4.69, 9.17) is 10.00 Å². The van der Waals surface area contributed by atoms with Gasteiger partial charge >= 0.3 is 0 Å². The summed E-state index contributed by atoms with van der Waals surface area (Å²) in [4.78, 5) is 4.45. The Morgan fingerprint density at radius 2 is 1.76 bits per heavy atom. The molecule has 0 saturated carbocycles. The first kappa shape index (κ1) is 16.8. The van der Waals surface area contributed by atoms with Gasteiger partial charge in [0.1, 0.15) is 11.6 Å². The summed E-state index contributed by atoms with van der Waals surface area (Å²) in [5.41, 5.74) is 2.77. The Morgan fingerprint density at radius 1 is 1.08 bits per heavy atom. The second-order valence-corrected chi connectivity index (χ2v) is 5.81. The summed E-state index contributed by atoms with van der Waals surface area (Å²) in [7, 11) is 1.68. The number of nitriles is 1. The molecule has 0 N–H and O–H groups in total. The van der Waals surface area contributed by atoms with Crippen LogP contribution in [0.5, 0.6) is 5.75 Å². The largest absolute Gasteiger partial charge is 0.495 e. The Kier molecular flexibility index (Phi) is 5.20. The van der Waals surface area contributed by atoms with Crippen molar-refractivity contribution in [3.05, 3.63) is 66.0 Å². The topological polar surface area (TPSA) is 39.5 Å². The van der Waals surface area contributed by atoms with Gasteiger partial charge in [-0.05, 0) is 42.0 Å². The van der Waals surface area contributed by atoms with Gasteiger partial charge in [0.15, 0.2) is 0 Å². The van der Waals surface area contributed by atoms with Gasteiger partial charge in [-0.2, -0.15) is 5.26 Å². The van der Waals surface area contributed by atoms with E-state index < -0.39 is 0 Å². The predicted octanol–water partition coefficient (Wildman–Crippen LogP) is 3.52. The van der Waals surface area contributed by atoms with Gasteiger partial charge in [0.05, 0.1) is 24.6 Å². The minimum atomic E-state index is -0.277. The van der Waals surface area contributed by atoms with E-state index in [9.17, 15) is 4.39 Å². The average Bonchev–Trinajstić information content (AvgIpc) is 2.67. The molecule has 0 bridgehead atoms. The lowest BCUT2D eigenvalue weighted by Crippen LogP contribution is -2.45. The van der Waals surface area contributed by atoms with Crippen molar-refractivity contribution in [3.8, 4) is 11.8 Å². The van der Waals surface area contributed by atoms with Gasteiger partial charge in [-0.15, -0.1) is 0 Å². The van der Waals surface area contributed by atoms with Crippen molar-refractivity contribution < 1.29 is 9.13 Å². The second-order valence-electron chi connectivity index (χ2n) is 5.81. The van der Waals surface area contributed by atoms with Crippen LogP contribution in [0.15, 0.2) is 54.6 Å². The highest BCUT2D eigenvalue weighted by atomic mass is 19.1. The zero-order chi connectivity index (χ0) is 17.6. The fraction of sp³-hybridized carbons (Fsp3) is 0.250. The lowest BCUT2D eigenvalue weighted by atomic mass is 10.1. The molecule has 1 aliphatic rings. The SMILES string of the molecule is COc1ccccc1N1CCN(C(=CC#N)c2ccc(F)cc2)CC1. The van der Waals surface area contributed by atoms with Crippen LogP contribution < -0.4 is 9.64 Å². The van der Waals surface area contributed by atoms with Crippen LogP contribution in [0.2, 0.25) is 0 Å². The van der Waals surface area contributed by atoms with E-state index in [0.29, 0.717) is 0 Å². The number of piperazine rings is 1. The zero-order valence-corrected chi connectivity index (χ0v) is 14.2. The molecule has 1 fully saturated rings. The summed E-state index contributed by atoms with van der Waals surface area (Å²) in [6.45, 7) is 3.21. The maximum absolute atomic E-state index is 13.2. The number of nitrogens with zero attached hydrogens (tertiary/aromatic N) is 3. The average molecular weight is 337 g/mol. The summed E-state index contributed by atoms with van der Waals surface area (Å²) < 4.78 is 18.6. The van der Waals surface area contributed by atoms with E-state index in [0.717, 1.165) is 48.9 Å². The van der Waals surface area contributed by atoms with E-state index in [1.165, 1.54) is 18.2 Å². The van der Waals surface area contributed by atoms with Crippen LogP contribution in [0, 0.1) is 17.1 Å². The number of rotatable bonds is 4. The normalized spacial score (nSPS) is 15.0. The van der Waals surface area contributed by atoms with Crippen LogP contribution in [-0.2, 0) is 0 Å². The molecular weight excluding hydrogens is 317 g/mol. The van der Waals surface area contributed by atoms with Crippen molar-refractivity contribution in [2.24, 2.45) is 0 Å². The summed E-state index contributed by atoms with van der Waals surface area (Å²) in [5, 5.41) is 9.13. The Labute approximate surface area is 147 Å². The van der Waals surface area contributed by atoms with Crippen molar-refractivity contribution in [3.63, 3.8) is 0 Å². The molecule has 0 unspecified atom stereocenters. The molecule has 0 radical (unpaired) electrons. The molecule has 25 heavy (non-hydrogen) atoms. The summed E-state index contributed by atoms with van der Waals surface area (Å²) >= 11 is 0. The number of hydrogen-bond donors (Lipinski definition) is 0. The fourth-order valence-electron chi connectivity index (χ4n) is 3.12. The third kappa shape index (κ3) is 3.74. The molecule has 3 rings (SSSR count). The number of methoxy groups -OCH3 is 1. The summed E-state index contributed by atoms with van der Waals surface area (Å²) in [6, 6.07) is 16.4. The molecule has 0 aliphatic carbocycles.